The number of hydrogen-bond donors (Lipinski definition) is 2. The molecule has 2 aromatic carbocycles. The molecule has 0 atom stereocenters. The lowest BCUT2D eigenvalue weighted by Gasteiger charge is -2.27. The molecule has 4 rings (SSSR count). The zero-order chi connectivity index (χ0) is 21.1. The van der Waals surface area contributed by atoms with Gasteiger partial charge in [-0.05, 0) is 44.0 Å². The van der Waals surface area contributed by atoms with Gasteiger partial charge in [-0.2, -0.15) is 15.0 Å². The molecular formula is C22H25N7S. The number of thiazole rings is 1. The van der Waals surface area contributed by atoms with Crippen LogP contribution in [-0.2, 0) is 6.42 Å². The van der Waals surface area contributed by atoms with E-state index in [1.54, 1.807) is 11.3 Å². The third kappa shape index (κ3) is 4.83. The van der Waals surface area contributed by atoms with Crippen LogP contribution in [0.4, 0.5) is 23.5 Å². The third-order valence-electron chi connectivity index (χ3n) is 4.55. The van der Waals surface area contributed by atoms with E-state index in [4.69, 9.17) is 0 Å². The highest BCUT2D eigenvalue weighted by molar-refractivity contribution is 7.16. The maximum Gasteiger partial charge on any atom is 0.233 e. The van der Waals surface area contributed by atoms with Crippen molar-refractivity contribution in [3.63, 3.8) is 0 Å². The van der Waals surface area contributed by atoms with Crippen LogP contribution in [0.2, 0.25) is 0 Å². The Hall–Kier alpha value is -3.26. The zero-order valence-corrected chi connectivity index (χ0v) is 18.4. The van der Waals surface area contributed by atoms with E-state index in [0.717, 1.165) is 22.3 Å². The van der Waals surface area contributed by atoms with Crippen molar-refractivity contribution >= 4 is 45.1 Å². The number of rotatable bonds is 7. The first-order chi connectivity index (χ1) is 14.4. The Bertz CT molecular complexity index is 1140. The van der Waals surface area contributed by atoms with Crippen molar-refractivity contribution in [1.29, 1.82) is 0 Å². The maximum atomic E-state index is 4.62. The van der Waals surface area contributed by atoms with E-state index in [2.05, 4.69) is 74.7 Å². The quantitative estimate of drug-likeness (QED) is 0.448. The predicted molar refractivity (Wildman–Crippen MR) is 125 cm³/mol. The first-order valence-corrected chi connectivity index (χ1v) is 10.6. The molecule has 7 nitrogen and oxygen atoms in total. The number of hydrogen-bond acceptors (Lipinski definition) is 8. The molecule has 4 aromatic rings. The first kappa shape index (κ1) is 20.0. The van der Waals surface area contributed by atoms with Crippen LogP contribution in [0.15, 0.2) is 54.0 Å². The molecule has 0 radical (unpaired) electrons. The summed E-state index contributed by atoms with van der Waals surface area (Å²) in [6.45, 7) is 4.29. The number of benzene rings is 2. The van der Waals surface area contributed by atoms with Crippen molar-refractivity contribution < 1.29 is 0 Å². The zero-order valence-electron chi connectivity index (χ0n) is 17.5. The van der Waals surface area contributed by atoms with Crippen molar-refractivity contribution in [3.8, 4) is 0 Å². The second-order valence-corrected chi connectivity index (χ2v) is 8.89. The SMILES string of the molecule is CN(C)c1nc(Nc2ccc3ncsc3c2)nc(NC(C)(C)Cc2ccccc2)n1. The molecule has 0 aliphatic carbocycles. The van der Waals surface area contributed by atoms with E-state index in [9.17, 15) is 0 Å². The summed E-state index contributed by atoms with van der Waals surface area (Å²) in [5, 5.41) is 6.78. The number of fused-ring (bicyclic) bond motifs is 1. The summed E-state index contributed by atoms with van der Waals surface area (Å²) in [6, 6.07) is 16.4. The summed E-state index contributed by atoms with van der Waals surface area (Å²) in [5.74, 6) is 1.62. The van der Waals surface area contributed by atoms with Crippen LogP contribution in [0, 0.1) is 0 Å². The molecule has 0 aliphatic rings. The normalized spacial score (nSPS) is 11.5. The topological polar surface area (TPSA) is 78.9 Å². The summed E-state index contributed by atoms with van der Waals surface area (Å²) in [6.07, 6.45) is 0.849. The lowest BCUT2D eigenvalue weighted by atomic mass is 9.95. The average Bonchev–Trinajstić information content (AvgIpc) is 3.15. The van der Waals surface area contributed by atoms with E-state index < -0.39 is 0 Å². The molecule has 0 saturated carbocycles. The highest BCUT2D eigenvalue weighted by Crippen LogP contribution is 2.25. The highest BCUT2D eigenvalue weighted by atomic mass is 32.1. The van der Waals surface area contributed by atoms with Crippen LogP contribution < -0.4 is 15.5 Å². The first-order valence-electron chi connectivity index (χ1n) is 9.74. The van der Waals surface area contributed by atoms with E-state index in [0.29, 0.717) is 17.8 Å². The van der Waals surface area contributed by atoms with Crippen LogP contribution >= 0.6 is 11.3 Å². The van der Waals surface area contributed by atoms with E-state index >= 15 is 0 Å². The van der Waals surface area contributed by atoms with Gasteiger partial charge in [0.15, 0.2) is 0 Å². The molecule has 0 unspecified atom stereocenters. The van der Waals surface area contributed by atoms with E-state index in [1.807, 2.05) is 42.7 Å². The summed E-state index contributed by atoms with van der Waals surface area (Å²) in [5.41, 5.74) is 4.77. The number of aromatic nitrogens is 4. The van der Waals surface area contributed by atoms with Gasteiger partial charge in [0.25, 0.3) is 0 Å². The lowest BCUT2D eigenvalue weighted by molar-refractivity contribution is 0.558. The van der Waals surface area contributed by atoms with Gasteiger partial charge in [-0.25, -0.2) is 4.98 Å². The maximum absolute atomic E-state index is 4.62. The van der Waals surface area contributed by atoms with Crippen molar-refractivity contribution in [2.75, 3.05) is 29.6 Å². The molecule has 0 amide bonds. The Morgan fingerprint density at radius 3 is 2.50 bits per heavy atom. The fourth-order valence-electron chi connectivity index (χ4n) is 3.19. The van der Waals surface area contributed by atoms with Crippen LogP contribution in [0.5, 0.6) is 0 Å². The Morgan fingerprint density at radius 2 is 1.73 bits per heavy atom. The smallest absolute Gasteiger partial charge is 0.233 e. The van der Waals surface area contributed by atoms with Gasteiger partial charge in [0.05, 0.1) is 15.7 Å². The number of anilines is 4. The van der Waals surface area contributed by atoms with Gasteiger partial charge in [-0.15, -0.1) is 11.3 Å². The molecule has 2 aromatic heterocycles. The number of nitrogens with one attached hydrogen (secondary N) is 2. The average molecular weight is 420 g/mol. The molecule has 0 saturated heterocycles. The minimum absolute atomic E-state index is 0.231. The minimum atomic E-state index is -0.231. The third-order valence-corrected chi connectivity index (χ3v) is 5.34. The van der Waals surface area contributed by atoms with Gasteiger partial charge in [-0.3, -0.25) is 0 Å². The fraction of sp³-hybridized carbons (Fsp3) is 0.273. The molecule has 0 spiro atoms. The van der Waals surface area contributed by atoms with Gasteiger partial charge in [-0.1, -0.05) is 30.3 Å². The van der Waals surface area contributed by atoms with Gasteiger partial charge in [0.2, 0.25) is 17.8 Å². The molecule has 2 heterocycles. The minimum Gasteiger partial charge on any atom is -0.349 e. The second-order valence-electron chi connectivity index (χ2n) is 8.01. The molecule has 8 heteroatoms. The Morgan fingerprint density at radius 1 is 0.967 bits per heavy atom. The number of nitrogens with zero attached hydrogens (tertiary/aromatic N) is 5. The Labute approximate surface area is 180 Å². The van der Waals surface area contributed by atoms with Crippen LogP contribution in [-0.4, -0.2) is 39.6 Å². The second kappa shape index (κ2) is 8.23. The molecular weight excluding hydrogens is 394 g/mol. The van der Waals surface area contributed by atoms with Crippen molar-refractivity contribution in [2.45, 2.75) is 25.8 Å². The standard InChI is InChI=1S/C22H25N7S/c1-22(2,13-15-8-6-5-7-9-15)28-20-25-19(26-21(27-20)29(3)4)24-16-10-11-17-18(12-16)30-14-23-17/h5-12,14H,13H2,1-4H3,(H2,24,25,26,27,28). The summed E-state index contributed by atoms with van der Waals surface area (Å²) >= 11 is 1.61. The molecule has 0 fully saturated rings. The summed E-state index contributed by atoms with van der Waals surface area (Å²) in [4.78, 5) is 20.0. The van der Waals surface area contributed by atoms with Gasteiger partial charge >= 0.3 is 0 Å². The monoisotopic (exact) mass is 419 g/mol. The van der Waals surface area contributed by atoms with Gasteiger partial charge < -0.3 is 15.5 Å². The molecule has 0 bridgehead atoms. The fourth-order valence-corrected chi connectivity index (χ4v) is 3.91. The molecule has 2 N–H and O–H groups in total. The Balaban J connectivity index is 1.59. The van der Waals surface area contributed by atoms with Crippen LogP contribution in [0.25, 0.3) is 10.2 Å². The summed E-state index contributed by atoms with van der Waals surface area (Å²) < 4.78 is 1.12. The molecule has 154 valence electrons. The van der Waals surface area contributed by atoms with E-state index in [1.165, 1.54) is 5.56 Å². The van der Waals surface area contributed by atoms with Crippen molar-refractivity contribution in [2.24, 2.45) is 0 Å². The Kier molecular flexibility index (Phi) is 5.50. The van der Waals surface area contributed by atoms with Gasteiger partial charge in [0, 0.05) is 25.3 Å². The predicted octanol–water partition coefficient (Wildman–Crippen LogP) is 4.72. The van der Waals surface area contributed by atoms with Crippen LogP contribution in [0.3, 0.4) is 0 Å². The molecule has 30 heavy (non-hydrogen) atoms. The molecule has 0 aliphatic heterocycles. The van der Waals surface area contributed by atoms with Gasteiger partial charge in [0.1, 0.15) is 0 Å². The highest BCUT2D eigenvalue weighted by Gasteiger charge is 2.21. The van der Waals surface area contributed by atoms with Crippen molar-refractivity contribution in [3.05, 3.63) is 59.6 Å². The summed E-state index contributed by atoms with van der Waals surface area (Å²) in [7, 11) is 3.84. The van der Waals surface area contributed by atoms with Crippen molar-refractivity contribution in [1.82, 2.24) is 19.9 Å². The lowest BCUT2D eigenvalue weighted by Crippen LogP contribution is -2.34. The van der Waals surface area contributed by atoms with Crippen LogP contribution in [0.1, 0.15) is 19.4 Å². The van der Waals surface area contributed by atoms with E-state index in [-0.39, 0.29) is 5.54 Å². The largest absolute Gasteiger partial charge is 0.349 e.